The first-order valence-electron chi connectivity index (χ1n) is 5.67. The molecule has 0 radical (unpaired) electrons. The van der Waals surface area contributed by atoms with Crippen molar-refractivity contribution in [1.29, 1.82) is 5.26 Å². The lowest BCUT2D eigenvalue weighted by Gasteiger charge is -2.07. The number of benzene rings is 2. The van der Waals surface area contributed by atoms with E-state index in [1.54, 1.807) is 11.8 Å². The number of thioether (sulfide) groups is 1. The Morgan fingerprint density at radius 3 is 2.56 bits per heavy atom. The van der Waals surface area contributed by atoms with Gasteiger partial charge in [0.05, 0.1) is 11.6 Å². The molecule has 0 aliphatic carbocycles. The Bertz CT molecular complexity index is 582. The van der Waals surface area contributed by atoms with Crippen LogP contribution in [-0.2, 0) is 5.75 Å². The number of nitrogen functional groups attached to an aromatic ring is 1. The largest absolute Gasteiger partial charge is 0.398 e. The van der Waals surface area contributed by atoms with Crippen molar-refractivity contribution in [3.8, 4) is 6.07 Å². The fourth-order valence-corrected chi connectivity index (χ4v) is 2.65. The van der Waals surface area contributed by atoms with Gasteiger partial charge in [-0.3, -0.25) is 0 Å². The molecule has 2 nitrogen and oxygen atoms in total. The van der Waals surface area contributed by atoms with Gasteiger partial charge in [-0.15, -0.1) is 11.8 Å². The Labute approximate surface area is 111 Å². The Kier molecular flexibility index (Phi) is 3.91. The number of hydrogen-bond donors (Lipinski definition) is 1. The zero-order valence-corrected chi connectivity index (χ0v) is 11.0. The number of hydrogen-bond acceptors (Lipinski definition) is 3. The predicted molar refractivity (Wildman–Crippen MR) is 76.3 cm³/mol. The lowest BCUT2D eigenvalue weighted by molar-refractivity contribution is 1.29. The molecule has 90 valence electrons. The summed E-state index contributed by atoms with van der Waals surface area (Å²) < 4.78 is 0. The Morgan fingerprint density at radius 2 is 1.89 bits per heavy atom. The van der Waals surface area contributed by atoms with Crippen LogP contribution in [0.4, 0.5) is 5.69 Å². The van der Waals surface area contributed by atoms with Crippen molar-refractivity contribution in [3.63, 3.8) is 0 Å². The van der Waals surface area contributed by atoms with Gasteiger partial charge in [0, 0.05) is 16.3 Å². The van der Waals surface area contributed by atoms with E-state index >= 15 is 0 Å². The van der Waals surface area contributed by atoms with Gasteiger partial charge in [0.1, 0.15) is 0 Å². The van der Waals surface area contributed by atoms with E-state index in [1.165, 1.54) is 10.5 Å². The highest BCUT2D eigenvalue weighted by atomic mass is 32.2. The van der Waals surface area contributed by atoms with E-state index < -0.39 is 0 Å². The molecule has 0 unspecified atom stereocenters. The molecule has 0 heterocycles. The third kappa shape index (κ3) is 2.85. The molecule has 2 aromatic rings. The van der Waals surface area contributed by atoms with Crippen molar-refractivity contribution in [2.45, 2.75) is 17.6 Å². The lowest BCUT2D eigenvalue weighted by Crippen LogP contribution is -1.91. The van der Waals surface area contributed by atoms with Gasteiger partial charge in [0.15, 0.2) is 0 Å². The first kappa shape index (κ1) is 12.5. The third-order valence-electron chi connectivity index (χ3n) is 2.80. The Balaban J connectivity index is 2.07. The summed E-state index contributed by atoms with van der Waals surface area (Å²) in [6.45, 7) is 2.04. The summed E-state index contributed by atoms with van der Waals surface area (Å²) in [6, 6.07) is 15.8. The van der Waals surface area contributed by atoms with E-state index in [0.717, 1.165) is 17.0 Å². The fraction of sp³-hybridized carbons (Fsp3) is 0.133. The van der Waals surface area contributed by atoms with Crippen LogP contribution in [0.25, 0.3) is 0 Å². The van der Waals surface area contributed by atoms with Crippen LogP contribution in [0.3, 0.4) is 0 Å². The third-order valence-corrected chi connectivity index (χ3v) is 4.03. The van der Waals surface area contributed by atoms with Gasteiger partial charge in [-0.2, -0.15) is 5.26 Å². The zero-order chi connectivity index (χ0) is 13.0. The molecule has 0 aromatic heterocycles. The maximum atomic E-state index is 8.73. The molecular weight excluding hydrogens is 240 g/mol. The molecule has 0 amide bonds. The van der Waals surface area contributed by atoms with Crippen molar-refractivity contribution >= 4 is 17.4 Å². The van der Waals surface area contributed by atoms with Crippen LogP contribution in [0.15, 0.2) is 47.4 Å². The highest BCUT2D eigenvalue weighted by Gasteiger charge is 2.02. The Hall–Kier alpha value is -1.92. The Morgan fingerprint density at radius 1 is 1.17 bits per heavy atom. The van der Waals surface area contributed by atoms with Gasteiger partial charge in [-0.1, -0.05) is 18.2 Å². The number of nitrogens with zero attached hydrogens (tertiary/aromatic N) is 1. The summed E-state index contributed by atoms with van der Waals surface area (Å²) in [6.07, 6.45) is 0. The van der Waals surface area contributed by atoms with Crippen molar-refractivity contribution in [2.24, 2.45) is 0 Å². The van der Waals surface area contributed by atoms with Crippen molar-refractivity contribution in [3.05, 3.63) is 59.2 Å². The van der Waals surface area contributed by atoms with Crippen LogP contribution in [-0.4, -0.2) is 0 Å². The van der Waals surface area contributed by atoms with Gasteiger partial charge >= 0.3 is 0 Å². The second-order valence-corrected chi connectivity index (χ2v) is 5.08. The summed E-state index contributed by atoms with van der Waals surface area (Å²) in [5, 5.41) is 8.73. The predicted octanol–water partition coefficient (Wildman–Crippen LogP) is 3.74. The summed E-state index contributed by atoms with van der Waals surface area (Å²) >= 11 is 1.76. The van der Waals surface area contributed by atoms with Crippen molar-refractivity contribution in [2.75, 3.05) is 5.73 Å². The molecule has 18 heavy (non-hydrogen) atoms. The van der Waals surface area contributed by atoms with Crippen LogP contribution in [0.5, 0.6) is 0 Å². The van der Waals surface area contributed by atoms with Gasteiger partial charge in [-0.25, -0.2) is 0 Å². The van der Waals surface area contributed by atoms with Crippen molar-refractivity contribution < 1.29 is 0 Å². The second-order valence-electron chi connectivity index (χ2n) is 4.07. The summed E-state index contributed by atoms with van der Waals surface area (Å²) in [4.78, 5) is 1.21. The number of anilines is 1. The molecule has 0 atom stereocenters. The molecular formula is C15H14N2S. The minimum absolute atomic E-state index is 0.698. The van der Waals surface area contributed by atoms with Crippen molar-refractivity contribution in [1.82, 2.24) is 0 Å². The lowest BCUT2D eigenvalue weighted by atomic mass is 10.2. The van der Waals surface area contributed by atoms with E-state index in [-0.39, 0.29) is 0 Å². The van der Waals surface area contributed by atoms with Crippen LogP contribution in [0.1, 0.15) is 16.7 Å². The van der Waals surface area contributed by atoms with E-state index in [9.17, 15) is 0 Å². The molecule has 0 saturated carbocycles. The van der Waals surface area contributed by atoms with Gasteiger partial charge < -0.3 is 5.73 Å². The second kappa shape index (κ2) is 5.61. The monoisotopic (exact) mass is 254 g/mol. The molecule has 0 fully saturated rings. The molecule has 0 saturated heterocycles. The van der Waals surface area contributed by atoms with Crippen LogP contribution >= 0.6 is 11.8 Å². The number of nitrogens with two attached hydrogens (primary N) is 1. The standard InChI is InChI=1S/C15H14N2S/c1-11-14(17)3-2-4-15(11)18-10-13-7-5-12(9-16)6-8-13/h2-8H,10,17H2,1H3. The highest BCUT2D eigenvalue weighted by molar-refractivity contribution is 7.98. The molecule has 2 N–H and O–H groups in total. The molecule has 3 heteroatoms. The molecule has 2 rings (SSSR count). The maximum Gasteiger partial charge on any atom is 0.0991 e. The first-order chi connectivity index (χ1) is 8.70. The van der Waals surface area contributed by atoms with Crippen LogP contribution in [0.2, 0.25) is 0 Å². The number of nitriles is 1. The first-order valence-corrected chi connectivity index (χ1v) is 6.66. The molecule has 0 spiro atoms. The smallest absolute Gasteiger partial charge is 0.0991 e. The normalized spacial score (nSPS) is 10.0. The SMILES string of the molecule is Cc1c(N)cccc1SCc1ccc(C#N)cc1. The van der Waals surface area contributed by atoms with Crippen LogP contribution < -0.4 is 5.73 Å². The average Bonchev–Trinajstić information content (AvgIpc) is 2.41. The maximum absolute atomic E-state index is 8.73. The van der Waals surface area contributed by atoms with Gasteiger partial charge in [-0.05, 0) is 42.3 Å². The van der Waals surface area contributed by atoms with E-state index in [2.05, 4.69) is 12.1 Å². The average molecular weight is 254 g/mol. The summed E-state index contributed by atoms with van der Waals surface area (Å²) in [7, 11) is 0. The quantitative estimate of drug-likeness (QED) is 0.670. The zero-order valence-electron chi connectivity index (χ0n) is 10.2. The molecule has 0 aliphatic rings. The topological polar surface area (TPSA) is 49.8 Å². The van der Waals surface area contributed by atoms with Crippen LogP contribution in [0, 0.1) is 18.3 Å². The number of rotatable bonds is 3. The van der Waals surface area contributed by atoms with E-state index in [0.29, 0.717) is 5.56 Å². The fourth-order valence-electron chi connectivity index (χ4n) is 1.62. The molecule has 0 aliphatic heterocycles. The van der Waals surface area contributed by atoms with Gasteiger partial charge in [0.2, 0.25) is 0 Å². The summed E-state index contributed by atoms with van der Waals surface area (Å²) in [5.41, 5.74) is 9.75. The minimum Gasteiger partial charge on any atom is -0.398 e. The highest BCUT2D eigenvalue weighted by Crippen LogP contribution is 2.28. The summed E-state index contributed by atoms with van der Waals surface area (Å²) in [5.74, 6) is 0.885. The van der Waals surface area contributed by atoms with E-state index in [4.69, 9.17) is 11.0 Å². The molecule has 0 bridgehead atoms. The van der Waals surface area contributed by atoms with E-state index in [1.807, 2.05) is 43.3 Å². The minimum atomic E-state index is 0.698. The van der Waals surface area contributed by atoms with Gasteiger partial charge in [0.25, 0.3) is 0 Å². The molecule has 2 aromatic carbocycles.